The maximum absolute atomic E-state index is 14.9. The summed E-state index contributed by atoms with van der Waals surface area (Å²) in [7, 11) is 1.59. The number of hydrogen-bond acceptors (Lipinski definition) is 8. The maximum Gasteiger partial charge on any atom is 0.410 e. The fourth-order valence-electron chi connectivity index (χ4n) is 4.34. The van der Waals surface area contributed by atoms with E-state index in [2.05, 4.69) is 15.3 Å². The van der Waals surface area contributed by atoms with Crippen LogP contribution in [0.15, 0.2) is 54.9 Å². The van der Waals surface area contributed by atoms with Crippen LogP contribution in [0.3, 0.4) is 0 Å². The largest absolute Gasteiger partial charge is 0.453 e. The van der Waals surface area contributed by atoms with E-state index in [-0.39, 0.29) is 11.7 Å². The zero-order chi connectivity index (χ0) is 30.6. The number of amides is 2. The Balaban J connectivity index is 1.29. The van der Waals surface area contributed by atoms with E-state index in [1.165, 1.54) is 23.5 Å². The van der Waals surface area contributed by atoms with Crippen LogP contribution < -0.4 is 10.1 Å². The highest BCUT2D eigenvalue weighted by Crippen LogP contribution is 2.39. The van der Waals surface area contributed by atoms with Gasteiger partial charge in [0.15, 0.2) is 11.6 Å². The van der Waals surface area contributed by atoms with Gasteiger partial charge in [0.25, 0.3) is 0 Å². The van der Waals surface area contributed by atoms with Gasteiger partial charge >= 0.3 is 6.09 Å². The lowest BCUT2D eigenvalue weighted by Gasteiger charge is -2.27. The standard InChI is InChI=1S/C32H35FN4O5S/c1-32(2,3)42-31(39)37(13-14-40-4)19-21-7-9-24(35-18-21)28-17-25-30(43-28)27(11-12-34-25)41-26-10-8-22(16-23(26)33)36-29(38)15-20-5-6-20/h7-12,16-18,20H,5-6,13-15,19H2,1-4H3,(H,36,38). The molecule has 5 rings (SSSR count). The van der Waals surface area contributed by atoms with Gasteiger partial charge in [0.1, 0.15) is 11.4 Å². The molecule has 0 aliphatic heterocycles. The van der Waals surface area contributed by atoms with E-state index in [0.717, 1.165) is 33.7 Å². The lowest BCUT2D eigenvalue weighted by molar-refractivity contribution is -0.116. The molecule has 1 fully saturated rings. The molecule has 1 saturated carbocycles. The molecule has 3 aromatic heterocycles. The fourth-order valence-corrected chi connectivity index (χ4v) is 5.39. The van der Waals surface area contributed by atoms with E-state index in [4.69, 9.17) is 14.2 Å². The molecule has 0 atom stereocenters. The molecule has 1 aromatic carbocycles. The van der Waals surface area contributed by atoms with E-state index in [1.807, 2.05) is 39.0 Å². The Bertz CT molecular complexity index is 1600. The third-order valence-electron chi connectivity index (χ3n) is 6.65. The van der Waals surface area contributed by atoms with Crippen molar-refractivity contribution in [3.8, 4) is 22.1 Å². The Morgan fingerprint density at radius 1 is 1.09 bits per heavy atom. The molecular weight excluding hydrogens is 571 g/mol. The van der Waals surface area contributed by atoms with Crippen LogP contribution in [-0.4, -0.2) is 52.7 Å². The quantitative estimate of drug-likeness (QED) is 0.190. The second kappa shape index (κ2) is 13.0. The number of carbonyl (C=O) groups is 2. The van der Waals surface area contributed by atoms with Crippen molar-refractivity contribution >= 4 is 39.2 Å². The summed E-state index contributed by atoms with van der Waals surface area (Å²) in [6.07, 6.45) is 5.54. The van der Waals surface area contributed by atoms with Gasteiger partial charge in [-0.25, -0.2) is 9.18 Å². The molecule has 0 bridgehead atoms. The van der Waals surface area contributed by atoms with Crippen LogP contribution in [0.2, 0.25) is 0 Å². The highest BCUT2D eigenvalue weighted by atomic mass is 32.1. The summed E-state index contributed by atoms with van der Waals surface area (Å²) in [6, 6.07) is 11.8. The molecule has 1 aliphatic rings. The van der Waals surface area contributed by atoms with Crippen molar-refractivity contribution in [1.82, 2.24) is 14.9 Å². The molecule has 226 valence electrons. The molecule has 0 unspecified atom stereocenters. The van der Waals surface area contributed by atoms with Crippen molar-refractivity contribution in [2.75, 3.05) is 25.6 Å². The van der Waals surface area contributed by atoms with Gasteiger partial charge in [0.2, 0.25) is 5.91 Å². The Morgan fingerprint density at radius 3 is 2.58 bits per heavy atom. The summed E-state index contributed by atoms with van der Waals surface area (Å²) in [4.78, 5) is 36.3. The van der Waals surface area contributed by atoms with Crippen LogP contribution in [0.1, 0.15) is 45.6 Å². The summed E-state index contributed by atoms with van der Waals surface area (Å²) < 4.78 is 32.3. The number of pyridine rings is 2. The summed E-state index contributed by atoms with van der Waals surface area (Å²) in [5.41, 5.74) is 2.07. The SMILES string of the molecule is COCCN(Cc1ccc(-c2cc3nccc(Oc4ccc(NC(=O)CC5CC5)cc4F)c3s2)nc1)C(=O)OC(C)(C)C. The van der Waals surface area contributed by atoms with Crippen LogP contribution >= 0.6 is 11.3 Å². The summed E-state index contributed by atoms with van der Waals surface area (Å²) in [5, 5.41) is 2.75. The molecule has 43 heavy (non-hydrogen) atoms. The van der Waals surface area contributed by atoms with Gasteiger partial charge in [-0.3, -0.25) is 14.8 Å². The molecule has 11 heteroatoms. The Labute approximate surface area is 254 Å². The van der Waals surface area contributed by atoms with Crippen LogP contribution in [-0.2, 0) is 20.8 Å². The number of halogens is 1. The number of benzene rings is 1. The third-order valence-corrected chi connectivity index (χ3v) is 7.81. The number of nitrogens with zero attached hydrogens (tertiary/aromatic N) is 3. The normalized spacial score (nSPS) is 13.1. The van der Waals surface area contributed by atoms with Crippen molar-refractivity contribution in [2.45, 2.75) is 52.2 Å². The van der Waals surface area contributed by atoms with Gasteiger partial charge in [-0.05, 0) is 69.4 Å². The first kappa shape index (κ1) is 30.4. The van der Waals surface area contributed by atoms with Gasteiger partial charge in [-0.2, -0.15) is 0 Å². The van der Waals surface area contributed by atoms with Crippen LogP contribution in [0.4, 0.5) is 14.9 Å². The van der Waals surface area contributed by atoms with E-state index >= 15 is 0 Å². The van der Waals surface area contributed by atoms with Gasteiger partial charge < -0.3 is 24.4 Å². The van der Waals surface area contributed by atoms with Crippen molar-refractivity contribution in [2.24, 2.45) is 5.92 Å². The molecular formula is C32H35FN4O5S. The molecule has 0 saturated heterocycles. The number of hydrogen-bond donors (Lipinski definition) is 1. The van der Waals surface area contributed by atoms with E-state index in [1.54, 1.807) is 36.5 Å². The van der Waals surface area contributed by atoms with E-state index in [0.29, 0.717) is 49.0 Å². The second-order valence-corrected chi connectivity index (χ2v) is 12.6. The zero-order valence-electron chi connectivity index (χ0n) is 24.7. The average Bonchev–Trinajstić information content (AvgIpc) is 3.65. The number of thiophene rings is 1. The first-order valence-electron chi connectivity index (χ1n) is 14.2. The average molecular weight is 607 g/mol. The second-order valence-electron chi connectivity index (χ2n) is 11.5. The summed E-state index contributed by atoms with van der Waals surface area (Å²) in [5.74, 6) is 0.285. The smallest absolute Gasteiger partial charge is 0.410 e. The van der Waals surface area contributed by atoms with Gasteiger partial charge in [-0.1, -0.05) is 6.07 Å². The number of anilines is 1. The topological polar surface area (TPSA) is 103 Å². The van der Waals surface area contributed by atoms with E-state index < -0.39 is 17.5 Å². The van der Waals surface area contributed by atoms with Crippen molar-refractivity contribution in [3.63, 3.8) is 0 Å². The highest BCUT2D eigenvalue weighted by molar-refractivity contribution is 7.22. The van der Waals surface area contributed by atoms with Crippen molar-refractivity contribution < 1.29 is 28.2 Å². The lowest BCUT2D eigenvalue weighted by atomic mass is 10.2. The van der Waals surface area contributed by atoms with Crippen LogP contribution in [0.25, 0.3) is 20.8 Å². The third kappa shape index (κ3) is 8.26. The maximum atomic E-state index is 14.9. The molecule has 1 N–H and O–H groups in total. The fraction of sp³-hybridized carbons (Fsp3) is 0.375. The molecule has 9 nitrogen and oxygen atoms in total. The van der Waals surface area contributed by atoms with Gasteiger partial charge in [-0.15, -0.1) is 11.3 Å². The number of carbonyl (C=O) groups excluding carboxylic acids is 2. The number of ether oxygens (including phenoxy) is 3. The number of aromatic nitrogens is 2. The molecule has 1 aliphatic carbocycles. The number of rotatable bonds is 11. The van der Waals surface area contributed by atoms with Crippen LogP contribution in [0.5, 0.6) is 11.5 Å². The zero-order valence-corrected chi connectivity index (χ0v) is 25.5. The Morgan fingerprint density at radius 2 is 1.91 bits per heavy atom. The molecule has 2 amide bonds. The number of fused-ring (bicyclic) bond motifs is 1. The first-order chi connectivity index (χ1) is 20.6. The van der Waals surface area contributed by atoms with Gasteiger partial charge in [0.05, 0.1) is 33.9 Å². The monoisotopic (exact) mass is 606 g/mol. The van der Waals surface area contributed by atoms with Crippen molar-refractivity contribution in [1.29, 1.82) is 0 Å². The molecule has 3 heterocycles. The molecule has 4 aromatic rings. The molecule has 0 spiro atoms. The van der Waals surface area contributed by atoms with Gasteiger partial charge in [0, 0.05) is 50.3 Å². The summed E-state index contributed by atoms with van der Waals surface area (Å²) >= 11 is 1.44. The lowest BCUT2D eigenvalue weighted by Crippen LogP contribution is -2.38. The Hall–Kier alpha value is -4.09. The van der Waals surface area contributed by atoms with Crippen LogP contribution in [0, 0.1) is 11.7 Å². The Kier molecular flexibility index (Phi) is 9.22. The number of methoxy groups -OCH3 is 1. The minimum atomic E-state index is -0.607. The predicted molar refractivity (Wildman–Crippen MR) is 164 cm³/mol. The molecule has 0 radical (unpaired) electrons. The van der Waals surface area contributed by atoms with Crippen molar-refractivity contribution in [3.05, 3.63) is 66.2 Å². The first-order valence-corrected chi connectivity index (χ1v) is 15.0. The minimum Gasteiger partial charge on any atom is -0.453 e. The number of nitrogens with one attached hydrogen (secondary N) is 1. The highest BCUT2D eigenvalue weighted by Gasteiger charge is 2.25. The predicted octanol–water partition coefficient (Wildman–Crippen LogP) is 7.41. The minimum absolute atomic E-state index is 0.0492. The van der Waals surface area contributed by atoms with E-state index in [9.17, 15) is 14.0 Å². The summed E-state index contributed by atoms with van der Waals surface area (Å²) in [6.45, 7) is 6.58.